The molecule has 1 aromatic heterocycles. The van der Waals surface area contributed by atoms with Gasteiger partial charge in [0.25, 0.3) is 5.91 Å². The molecule has 8 heteroatoms. The number of rotatable bonds is 4. The summed E-state index contributed by atoms with van der Waals surface area (Å²) in [4.78, 5) is 22.0. The fraction of sp³-hybridized carbons (Fsp3) is 0.353. The van der Waals surface area contributed by atoms with E-state index < -0.39 is 17.5 Å². The van der Waals surface area contributed by atoms with Crippen LogP contribution < -0.4 is 9.47 Å². The van der Waals surface area contributed by atoms with Crippen LogP contribution in [0.25, 0.3) is 0 Å². The Bertz CT molecular complexity index is 773. The third-order valence-electron chi connectivity index (χ3n) is 3.90. The van der Waals surface area contributed by atoms with Crippen LogP contribution in [0.3, 0.4) is 0 Å². The molecule has 6 nitrogen and oxygen atoms in total. The Labute approximate surface area is 143 Å². The molecule has 0 spiro atoms. The molecule has 1 unspecified atom stereocenters. The molecule has 132 valence electrons. The molecular formula is C17H17F2N3O3. The van der Waals surface area contributed by atoms with Gasteiger partial charge >= 0.3 is 6.01 Å². The van der Waals surface area contributed by atoms with Crippen molar-refractivity contribution in [3.05, 3.63) is 47.7 Å². The highest BCUT2D eigenvalue weighted by Gasteiger charge is 2.27. The van der Waals surface area contributed by atoms with E-state index >= 15 is 0 Å². The fourth-order valence-corrected chi connectivity index (χ4v) is 2.71. The molecule has 1 amide bonds. The van der Waals surface area contributed by atoms with E-state index in [1.165, 1.54) is 18.2 Å². The van der Waals surface area contributed by atoms with Gasteiger partial charge in [0.2, 0.25) is 5.88 Å². The maximum atomic E-state index is 13.8. The summed E-state index contributed by atoms with van der Waals surface area (Å²) in [6.45, 7) is 0.782. The molecule has 25 heavy (non-hydrogen) atoms. The quantitative estimate of drug-likeness (QED) is 0.848. The zero-order chi connectivity index (χ0) is 17.8. The summed E-state index contributed by atoms with van der Waals surface area (Å²) in [5, 5.41) is 0. The van der Waals surface area contributed by atoms with Gasteiger partial charge < -0.3 is 14.4 Å². The van der Waals surface area contributed by atoms with Crippen LogP contribution in [0, 0.1) is 11.6 Å². The van der Waals surface area contributed by atoms with Crippen molar-refractivity contribution in [2.45, 2.75) is 18.9 Å². The fourth-order valence-electron chi connectivity index (χ4n) is 2.71. The summed E-state index contributed by atoms with van der Waals surface area (Å²) in [5.74, 6) is -1.72. The van der Waals surface area contributed by atoms with E-state index in [2.05, 4.69) is 9.97 Å². The number of amides is 1. The minimum atomic E-state index is -0.867. The van der Waals surface area contributed by atoms with Crippen molar-refractivity contribution in [1.82, 2.24) is 14.9 Å². The minimum Gasteiger partial charge on any atom is -0.472 e. The number of halogens is 2. The molecule has 1 aliphatic heterocycles. The summed E-state index contributed by atoms with van der Waals surface area (Å²) in [5.41, 5.74) is -0.147. The van der Waals surface area contributed by atoms with Crippen LogP contribution in [0.4, 0.5) is 8.78 Å². The molecule has 2 aromatic rings. The Morgan fingerprint density at radius 1 is 1.32 bits per heavy atom. The van der Waals surface area contributed by atoms with Crippen LogP contribution in [-0.4, -0.2) is 47.1 Å². The standard InChI is InChI=1S/C17H17F2N3O3/c1-24-17-20-7-6-15(21-17)25-12-3-2-8-22(10-12)16(23)13-5-4-11(18)9-14(13)19/h4-7,9,12H,2-3,8,10H2,1H3. The second-order valence-corrected chi connectivity index (χ2v) is 5.64. The molecule has 1 aromatic carbocycles. The lowest BCUT2D eigenvalue weighted by Gasteiger charge is -2.32. The van der Waals surface area contributed by atoms with Crippen LogP contribution in [0.15, 0.2) is 30.5 Å². The van der Waals surface area contributed by atoms with E-state index in [1.807, 2.05) is 0 Å². The first kappa shape index (κ1) is 17.1. The van der Waals surface area contributed by atoms with Gasteiger partial charge in [-0.05, 0) is 25.0 Å². The Morgan fingerprint density at radius 3 is 2.92 bits per heavy atom. The average molecular weight is 349 g/mol. The number of nitrogens with zero attached hydrogens (tertiary/aromatic N) is 3. The van der Waals surface area contributed by atoms with E-state index in [1.54, 1.807) is 6.07 Å². The highest BCUT2D eigenvalue weighted by molar-refractivity contribution is 5.94. The molecule has 3 rings (SSSR count). The van der Waals surface area contributed by atoms with E-state index in [0.717, 1.165) is 18.6 Å². The summed E-state index contributed by atoms with van der Waals surface area (Å²) >= 11 is 0. The van der Waals surface area contributed by atoms with Gasteiger partial charge in [-0.25, -0.2) is 13.8 Å². The maximum Gasteiger partial charge on any atom is 0.319 e. The summed E-state index contributed by atoms with van der Waals surface area (Å²) in [7, 11) is 1.46. The van der Waals surface area contributed by atoms with Gasteiger partial charge in [-0.15, -0.1) is 0 Å². The first-order chi connectivity index (χ1) is 12.1. The van der Waals surface area contributed by atoms with Gasteiger partial charge in [0, 0.05) is 24.9 Å². The van der Waals surface area contributed by atoms with Gasteiger partial charge in [0.05, 0.1) is 19.2 Å². The molecule has 0 bridgehead atoms. The van der Waals surface area contributed by atoms with Crippen molar-refractivity contribution >= 4 is 5.91 Å². The van der Waals surface area contributed by atoms with Crippen molar-refractivity contribution in [3.63, 3.8) is 0 Å². The number of hydrogen-bond acceptors (Lipinski definition) is 5. The molecule has 1 atom stereocenters. The van der Waals surface area contributed by atoms with Gasteiger partial charge in [-0.3, -0.25) is 4.79 Å². The van der Waals surface area contributed by atoms with Gasteiger partial charge in [-0.1, -0.05) is 0 Å². The number of carbonyl (C=O) groups excluding carboxylic acids is 1. The zero-order valence-electron chi connectivity index (χ0n) is 13.6. The molecule has 0 saturated carbocycles. The maximum absolute atomic E-state index is 13.8. The molecule has 0 N–H and O–H groups in total. The predicted octanol–water partition coefficient (Wildman–Crippen LogP) is 2.45. The van der Waals surface area contributed by atoms with E-state index in [0.29, 0.717) is 31.5 Å². The molecule has 1 saturated heterocycles. The molecular weight excluding hydrogens is 332 g/mol. The normalized spacial score (nSPS) is 17.2. The Balaban J connectivity index is 1.69. The van der Waals surface area contributed by atoms with Crippen LogP contribution in [0.5, 0.6) is 11.9 Å². The third kappa shape index (κ3) is 4.01. The molecule has 2 heterocycles. The van der Waals surface area contributed by atoms with E-state index in [9.17, 15) is 13.6 Å². The zero-order valence-corrected chi connectivity index (χ0v) is 13.6. The van der Waals surface area contributed by atoms with Crippen LogP contribution in [0.2, 0.25) is 0 Å². The first-order valence-electron chi connectivity index (χ1n) is 7.85. The second kappa shape index (κ2) is 7.42. The number of methoxy groups -OCH3 is 1. The summed E-state index contributed by atoms with van der Waals surface area (Å²) < 4.78 is 37.6. The summed E-state index contributed by atoms with van der Waals surface area (Å²) in [6, 6.07) is 4.73. The Morgan fingerprint density at radius 2 is 2.16 bits per heavy atom. The topological polar surface area (TPSA) is 64.6 Å². The second-order valence-electron chi connectivity index (χ2n) is 5.64. The van der Waals surface area contributed by atoms with Crippen LogP contribution >= 0.6 is 0 Å². The molecule has 1 fully saturated rings. The lowest BCUT2D eigenvalue weighted by atomic mass is 10.1. The van der Waals surface area contributed by atoms with E-state index in [-0.39, 0.29) is 17.7 Å². The number of benzene rings is 1. The average Bonchev–Trinajstić information content (AvgIpc) is 2.61. The molecule has 0 aliphatic carbocycles. The van der Waals surface area contributed by atoms with Gasteiger partial charge in [-0.2, -0.15) is 4.98 Å². The minimum absolute atomic E-state index is 0.147. The number of likely N-dealkylation sites (tertiary alicyclic amines) is 1. The highest BCUT2D eigenvalue weighted by atomic mass is 19.1. The Hall–Kier alpha value is -2.77. The lowest BCUT2D eigenvalue weighted by Crippen LogP contribution is -2.44. The number of aromatic nitrogens is 2. The van der Waals surface area contributed by atoms with Crippen molar-refractivity contribution in [1.29, 1.82) is 0 Å². The van der Waals surface area contributed by atoms with Gasteiger partial charge in [0.1, 0.15) is 17.7 Å². The van der Waals surface area contributed by atoms with Crippen molar-refractivity contribution < 1.29 is 23.0 Å². The Kier molecular flexibility index (Phi) is 5.06. The van der Waals surface area contributed by atoms with Crippen molar-refractivity contribution in [3.8, 4) is 11.9 Å². The third-order valence-corrected chi connectivity index (χ3v) is 3.90. The molecule has 1 aliphatic rings. The molecule has 0 radical (unpaired) electrons. The lowest BCUT2D eigenvalue weighted by molar-refractivity contribution is 0.0521. The van der Waals surface area contributed by atoms with Gasteiger partial charge in [0.15, 0.2) is 0 Å². The number of piperidine rings is 1. The predicted molar refractivity (Wildman–Crippen MR) is 84.5 cm³/mol. The van der Waals surface area contributed by atoms with Crippen LogP contribution in [0.1, 0.15) is 23.2 Å². The monoisotopic (exact) mass is 349 g/mol. The van der Waals surface area contributed by atoms with E-state index in [4.69, 9.17) is 9.47 Å². The number of carbonyl (C=O) groups is 1. The van der Waals surface area contributed by atoms with Crippen molar-refractivity contribution in [2.75, 3.05) is 20.2 Å². The largest absolute Gasteiger partial charge is 0.472 e. The smallest absolute Gasteiger partial charge is 0.319 e. The number of hydrogen-bond donors (Lipinski definition) is 0. The summed E-state index contributed by atoms with van der Waals surface area (Å²) in [6.07, 6.45) is 2.69. The first-order valence-corrected chi connectivity index (χ1v) is 7.85. The number of ether oxygens (including phenoxy) is 2. The van der Waals surface area contributed by atoms with Crippen molar-refractivity contribution in [2.24, 2.45) is 0 Å². The van der Waals surface area contributed by atoms with Crippen LogP contribution in [-0.2, 0) is 0 Å². The highest BCUT2D eigenvalue weighted by Crippen LogP contribution is 2.20. The SMILES string of the molecule is COc1nccc(OC2CCCN(C(=O)c3ccc(F)cc3F)C2)n1.